The van der Waals surface area contributed by atoms with Crippen LogP contribution in [0.2, 0.25) is 0 Å². The molecule has 3 nitrogen and oxygen atoms in total. The number of hydrogen-bond donors (Lipinski definition) is 0. The molecule has 0 radical (unpaired) electrons. The summed E-state index contributed by atoms with van der Waals surface area (Å²) in [7, 11) is 0. The Hall–Kier alpha value is -1.64. The number of esters is 1. The van der Waals surface area contributed by atoms with Crippen molar-refractivity contribution in [2.45, 2.75) is 58.5 Å². The Morgan fingerprint density at radius 3 is 2.68 bits per heavy atom. The Labute approximate surface area is 132 Å². The van der Waals surface area contributed by atoms with Crippen molar-refractivity contribution in [1.29, 1.82) is 0 Å². The first-order valence-corrected chi connectivity index (χ1v) is 8.36. The van der Waals surface area contributed by atoms with Crippen LogP contribution in [0.15, 0.2) is 24.3 Å². The van der Waals surface area contributed by atoms with E-state index in [-0.39, 0.29) is 23.1 Å². The number of hydrogen-bond acceptors (Lipinski definition) is 3. The molecule has 3 heteroatoms. The molecule has 2 aliphatic rings. The second-order valence-electron chi connectivity index (χ2n) is 6.81. The molecule has 22 heavy (non-hydrogen) atoms. The van der Waals surface area contributed by atoms with Crippen molar-refractivity contribution < 1.29 is 14.3 Å². The molecule has 0 heterocycles. The topological polar surface area (TPSA) is 43.4 Å². The van der Waals surface area contributed by atoms with Crippen LogP contribution < -0.4 is 0 Å². The highest BCUT2D eigenvalue weighted by molar-refractivity contribution is 6.00. The zero-order valence-corrected chi connectivity index (χ0v) is 13.4. The van der Waals surface area contributed by atoms with Crippen molar-refractivity contribution in [2.75, 3.05) is 0 Å². The lowest BCUT2D eigenvalue weighted by molar-refractivity contribution is -0.177. The third-order valence-electron chi connectivity index (χ3n) is 5.71. The quantitative estimate of drug-likeness (QED) is 0.772. The molecular weight excluding hydrogens is 276 g/mol. The van der Waals surface area contributed by atoms with Crippen molar-refractivity contribution in [1.82, 2.24) is 0 Å². The van der Waals surface area contributed by atoms with Crippen LogP contribution in [0.25, 0.3) is 0 Å². The van der Waals surface area contributed by atoms with Gasteiger partial charge in [0.2, 0.25) is 0 Å². The van der Waals surface area contributed by atoms with E-state index >= 15 is 0 Å². The molecule has 1 aromatic carbocycles. The molecule has 2 saturated carbocycles. The zero-order chi connectivity index (χ0) is 15.7. The summed E-state index contributed by atoms with van der Waals surface area (Å²) in [6.07, 6.45) is 4.24. The molecule has 1 aromatic rings. The number of ether oxygens (including phenoxy) is 1. The largest absolute Gasteiger partial charge is 0.461 e. The third-order valence-corrected chi connectivity index (χ3v) is 5.71. The summed E-state index contributed by atoms with van der Waals surface area (Å²) in [4.78, 5) is 24.1. The predicted octanol–water partition coefficient (Wildman–Crippen LogP) is 4.00. The van der Waals surface area contributed by atoms with E-state index in [0.29, 0.717) is 18.9 Å². The maximum Gasteiger partial charge on any atom is 0.310 e. The van der Waals surface area contributed by atoms with Gasteiger partial charge in [-0.1, -0.05) is 44.5 Å². The summed E-state index contributed by atoms with van der Waals surface area (Å²) in [6.45, 7) is 4.67. The molecule has 2 aliphatic carbocycles. The van der Waals surface area contributed by atoms with E-state index in [1.165, 1.54) is 5.56 Å². The number of carbonyl (C=O) groups excluding carboxylic acids is 2. The Bertz CT molecular complexity index is 586. The summed E-state index contributed by atoms with van der Waals surface area (Å²) in [6, 6.07) is 8.15. The molecule has 0 saturated heterocycles. The fourth-order valence-corrected chi connectivity index (χ4v) is 3.76. The third kappa shape index (κ3) is 2.37. The van der Waals surface area contributed by atoms with E-state index in [9.17, 15) is 9.59 Å². The van der Waals surface area contributed by atoms with Crippen LogP contribution in [0.3, 0.4) is 0 Å². The van der Waals surface area contributed by atoms with Crippen LogP contribution in [-0.4, -0.2) is 11.8 Å². The Morgan fingerprint density at radius 2 is 2.09 bits per heavy atom. The molecular formula is C19H24O3. The second-order valence-corrected chi connectivity index (χ2v) is 6.81. The van der Waals surface area contributed by atoms with Crippen LogP contribution >= 0.6 is 0 Å². The van der Waals surface area contributed by atoms with Crippen LogP contribution in [0.5, 0.6) is 0 Å². The number of carbonyl (C=O) groups is 2. The lowest BCUT2D eigenvalue weighted by Gasteiger charge is -2.52. The maximum atomic E-state index is 12.3. The lowest BCUT2D eigenvalue weighted by Crippen LogP contribution is -2.57. The van der Waals surface area contributed by atoms with Gasteiger partial charge in [0, 0.05) is 11.8 Å². The van der Waals surface area contributed by atoms with Crippen molar-refractivity contribution in [2.24, 2.45) is 11.3 Å². The SMILES string of the molecule is CCC(C)c1ccccc1COC(=O)C1CC(=O)C12CCC2. The normalized spacial score (nSPS) is 23.5. The number of benzene rings is 1. The van der Waals surface area contributed by atoms with E-state index in [1.807, 2.05) is 18.2 Å². The molecule has 0 N–H and O–H groups in total. The van der Waals surface area contributed by atoms with Crippen LogP contribution in [0, 0.1) is 11.3 Å². The smallest absolute Gasteiger partial charge is 0.310 e. The van der Waals surface area contributed by atoms with Gasteiger partial charge in [0.25, 0.3) is 0 Å². The molecule has 0 aromatic heterocycles. The highest BCUT2D eigenvalue weighted by Gasteiger charge is 2.61. The molecule has 0 aliphatic heterocycles. The number of Topliss-reactive ketones (excluding diaryl/α,β-unsaturated/α-hetero) is 1. The first-order chi connectivity index (χ1) is 10.6. The maximum absolute atomic E-state index is 12.3. The molecule has 1 spiro atoms. The van der Waals surface area contributed by atoms with Crippen LogP contribution in [0.1, 0.15) is 63.0 Å². The van der Waals surface area contributed by atoms with E-state index in [4.69, 9.17) is 4.74 Å². The Balaban J connectivity index is 1.64. The van der Waals surface area contributed by atoms with E-state index in [1.54, 1.807) is 0 Å². The van der Waals surface area contributed by atoms with E-state index in [2.05, 4.69) is 19.9 Å². The van der Waals surface area contributed by atoms with Gasteiger partial charge < -0.3 is 4.74 Å². The van der Waals surface area contributed by atoms with Gasteiger partial charge in [-0.2, -0.15) is 0 Å². The fourth-order valence-electron chi connectivity index (χ4n) is 3.76. The van der Waals surface area contributed by atoms with Crippen LogP contribution in [-0.2, 0) is 20.9 Å². The van der Waals surface area contributed by atoms with Gasteiger partial charge in [-0.25, -0.2) is 0 Å². The van der Waals surface area contributed by atoms with E-state index < -0.39 is 0 Å². The van der Waals surface area contributed by atoms with Crippen molar-refractivity contribution in [3.8, 4) is 0 Å². The zero-order valence-electron chi connectivity index (χ0n) is 13.4. The standard InChI is InChI=1S/C19H24O3/c1-3-13(2)15-8-5-4-7-14(15)12-22-18(21)16-11-17(20)19(16)9-6-10-19/h4-5,7-8,13,16H,3,6,9-12H2,1-2H3. The Morgan fingerprint density at radius 1 is 1.36 bits per heavy atom. The number of ketones is 1. The van der Waals surface area contributed by atoms with Gasteiger partial charge in [-0.3, -0.25) is 9.59 Å². The van der Waals surface area contributed by atoms with Crippen molar-refractivity contribution in [3.05, 3.63) is 35.4 Å². The summed E-state index contributed by atoms with van der Waals surface area (Å²) in [5.41, 5.74) is 1.99. The van der Waals surface area contributed by atoms with E-state index in [0.717, 1.165) is 31.2 Å². The van der Waals surface area contributed by atoms with Gasteiger partial charge in [0.15, 0.2) is 0 Å². The molecule has 2 atom stereocenters. The molecule has 3 rings (SSSR count). The first-order valence-electron chi connectivity index (χ1n) is 8.36. The van der Waals surface area contributed by atoms with Crippen LogP contribution in [0.4, 0.5) is 0 Å². The molecule has 0 bridgehead atoms. The van der Waals surface area contributed by atoms with Gasteiger partial charge in [0.05, 0.1) is 5.92 Å². The van der Waals surface area contributed by atoms with Gasteiger partial charge >= 0.3 is 5.97 Å². The second kappa shape index (κ2) is 5.86. The van der Waals surface area contributed by atoms with Crippen molar-refractivity contribution in [3.63, 3.8) is 0 Å². The minimum absolute atomic E-state index is 0.182. The van der Waals surface area contributed by atoms with Gasteiger partial charge in [0.1, 0.15) is 12.4 Å². The van der Waals surface area contributed by atoms with Gasteiger partial charge in [-0.05, 0) is 36.3 Å². The lowest BCUT2D eigenvalue weighted by atomic mass is 9.49. The average Bonchev–Trinajstić information content (AvgIpc) is 2.48. The average molecular weight is 300 g/mol. The number of rotatable bonds is 5. The monoisotopic (exact) mass is 300 g/mol. The van der Waals surface area contributed by atoms with Gasteiger partial charge in [-0.15, -0.1) is 0 Å². The fraction of sp³-hybridized carbons (Fsp3) is 0.579. The highest BCUT2D eigenvalue weighted by Crippen LogP contribution is 2.57. The highest BCUT2D eigenvalue weighted by atomic mass is 16.5. The molecule has 118 valence electrons. The minimum atomic E-state index is -0.340. The summed E-state index contributed by atoms with van der Waals surface area (Å²) < 4.78 is 5.56. The molecule has 2 unspecified atom stereocenters. The molecule has 0 amide bonds. The predicted molar refractivity (Wildman–Crippen MR) is 84.3 cm³/mol. The summed E-state index contributed by atoms with van der Waals surface area (Å²) in [5.74, 6) is 0.349. The minimum Gasteiger partial charge on any atom is -0.461 e. The Kier molecular flexibility index (Phi) is 4.07. The van der Waals surface area contributed by atoms with Crippen molar-refractivity contribution >= 4 is 11.8 Å². The summed E-state index contributed by atoms with van der Waals surface area (Å²) in [5, 5.41) is 0. The first kappa shape index (κ1) is 15.3. The summed E-state index contributed by atoms with van der Waals surface area (Å²) >= 11 is 0. The molecule has 2 fully saturated rings.